The average molecular weight is 212 g/mol. The van der Waals surface area contributed by atoms with Crippen molar-refractivity contribution >= 4 is 11.0 Å². The lowest BCUT2D eigenvalue weighted by atomic mass is 10.3. The Bertz CT molecular complexity index is 588. The van der Waals surface area contributed by atoms with Crippen LogP contribution in [0, 0.1) is 6.92 Å². The average Bonchev–Trinajstić information content (AvgIpc) is 2.85. The lowest BCUT2D eigenvalue weighted by molar-refractivity contribution is 0.644. The van der Waals surface area contributed by atoms with Crippen molar-refractivity contribution in [3.63, 3.8) is 0 Å². The van der Waals surface area contributed by atoms with Gasteiger partial charge in [-0.05, 0) is 25.1 Å². The second-order valence-corrected chi connectivity index (χ2v) is 3.83. The van der Waals surface area contributed by atoms with Crippen molar-refractivity contribution in [2.75, 3.05) is 0 Å². The Labute approximate surface area is 92.9 Å². The molecule has 2 aromatic heterocycles. The van der Waals surface area contributed by atoms with Crippen LogP contribution in [0.15, 0.2) is 36.5 Å². The topological polar surface area (TPSA) is 46.5 Å². The molecule has 0 spiro atoms. The zero-order chi connectivity index (χ0) is 11.0. The molecule has 1 aromatic carbocycles. The van der Waals surface area contributed by atoms with E-state index >= 15 is 0 Å². The highest BCUT2D eigenvalue weighted by molar-refractivity contribution is 5.74. The van der Waals surface area contributed by atoms with E-state index in [4.69, 9.17) is 0 Å². The van der Waals surface area contributed by atoms with Crippen LogP contribution in [0.3, 0.4) is 0 Å². The Balaban J connectivity index is 1.98. The Kier molecular flexibility index (Phi) is 1.99. The van der Waals surface area contributed by atoms with Crippen molar-refractivity contribution < 1.29 is 0 Å². The number of benzene rings is 1. The molecule has 4 heteroatoms. The van der Waals surface area contributed by atoms with Crippen molar-refractivity contribution in [3.05, 3.63) is 48.0 Å². The van der Waals surface area contributed by atoms with Crippen molar-refractivity contribution in [3.8, 4) is 0 Å². The molecule has 2 heterocycles. The van der Waals surface area contributed by atoms with Gasteiger partial charge < -0.3 is 4.98 Å². The summed E-state index contributed by atoms with van der Waals surface area (Å²) in [4.78, 5) is 7.80. The lowest BCUT2D eigenvalue weighted by Gasteiger charge is -2.00. The predicted molar refractivity (Wildman–Crippen MR) is 62.2 cm³/mol. The summed E-state index contributed by atoms with van der Waals surface area (Å²) >= 11 is 0. The fourth-order valence-electron chi connectivity index (χ4n) is 1.79. The highest BCUT2D eigenvalue weighted by Gasteiger charge is 2.04. The highest BCUT2D eigenvalue weighted by atomic mass is 15.3. The number of para-hydroxylation sites is 2. The third-order valence-electron chi connectivity index (χ3n) is 2.67. The first-order valence-corrected chi connectivity index (χ1v) is 5.25. The monoisotopic (exact) mass is 212 g/mol. The van der Waals surface area contributed by atoms with E-state index in [1.807, 2.05) is 41.9 Å². The summed E-state index contributed by atoms with van der Waals surface area (Å²) in [6.07, 6.45) is 1.80. The molecule has 0 saturated heterocycles. The molecule has 3 aromatic rings. The third-order valence-corrected chi connectivity index (χ3v) is 2.67. The molecular weight excluding hydrogens is 200 g/mol. The Morgan fingerprint density at radius 3 is 2.88 bits per heavy atom. The Morgan fingerprint density at radius 2 is 2.12 bits per heavy atom. The number of hydrogen-bond acceptors (Lipinski definition) is 2. The molecule has 0 saturated carbocycles. The summed E-state index contributed by atoms with van der Waals surface area (Å²) in [7, 11) is 0. The number of fused-ring (bicyclic) bond motifs is 1. The fourth-order valence-corrected chi connectivity index (χ4v) is 1.79. The minimum Gasteiger partial charge on any atom is -0.340 e. The van der Waals surface area contributed by atoms with E-state index in [2.05, 4.69) is 15.1 Å². The summed E-state index contributed by atoms with van der Waals surface area (Å²) in [6, 6.07) is 10.0. The highest BCUT2D eigenvalue weighted by Crippen LogP contribution is 2.11. The van der Waals surface area contributed by atoms with Gasteiger partial charge >= 0.3 is 0 Å². The van der Waals surface area contributed by atoms with Crippen LogP contribution in [0.4, 0.5) is 0 Å². The predicted octanol–water partition coefficient (Wildman–Crippen LogP) is 2.12. The molecule has 0 aliphatic heterocycles. The maximum absolute atomic E-state index is 4.51. The van der Waals surface area contributed by atoms with Crippen LogP contribution >= 0.6 is 0 Å². The largest absolute Gasteiger partial charge is 0.340 e. The van der Waals surface area contributed by atoms with E-state index in [0.717, 1.165) is 22.6 Å². The van der Waals surface area contributed by atoms with Crippen molar-refractivity contribution in [2.24, 2.45) is 0 Å². The maximum atomic E-state index is 4.51. The first-order chi connectivity index (χ1) is 7.83. The van der Waals surface area contributed by atoms with E-state index in [1.54, 1.807) is 6.20 Å². The molecule has 0 fully saturated rings. The van der Waals surface area contributed by atoms with Crippen LogP contribution < -0.4 is 0 Å². The number of hydrogen-bond donors (Lipinski definition) is 1. The van der Waals surface area contributed by atoms with Crippen molar-refractivity contribution in [2.45, 2.75) is 13.5 Å². The van der Waals surface area contributed by atoms with E-state index in [-0.39, 0.29) is 0 Å². The molecule has 0 bridgehead atoms. The van der Waals surface area contributed by atoms with Crippen LogP contribution in [0.5, 0.6) is 0 Å². The smallest absolute Gasteiger partial charge is 0.129 e. The van der Waals surface area contributed by atoms with Crippen LogP contribution in [-0.4, -0.2) is 19.7 Å². The quantitative estimate of drug-likeness (QED) is 0.707. The number of nitrogens with one attached hydrogen (secondary N) is 1. The number of rotatable bonds is 2. The van der Waals surface area contributed by atoms with Gasteiger partial charge in [-0.15, -0.1) is 0 Å². The first kappa shape index (κ1) is 9.15. The number of H-pyrrole nitrogens is 1. The van der Waals surface area contributed by atoms with Crippen LogP contribution in [0.1, 0.15) is 11.5 Å². The van der Waals surface area contributed by atoms with Gasteiger partial charge in [0, 0.05) is 11.9 Å². The normalized spacial score (nSPS) is 11.1. The number of imidazole rings is 1. The molecule has 16 heavy (non-hydrogen) atoms. The molecular formula is C12H12N4. The summed E-state index contributed by atoms with van der Waals surface area (Å²) in [5, 5.41) is 4.24. The molecule has 80 valence electrons. The van der Waals surface area contributed by atoms with Gasteiger partial charge in [0.05, 0.1) is 17.6 Å². The Morgan fingerprint density at radius 1 is 1.25 bits per heavy atom. The van der Waals surface area contributed by atoms with Crippen LogP contribution in [0.2, 0.25) is 0 Å². The van der Waals surface area contributed by atoms with Crippen molar-refractivity contribution in [1.82, 2.24) is 19.7 Å². The van der Waals surface area contributed by atoms with Crippen molar-refractivity contribution in [1.29, 1.82) is 0 Å². The minimum absolute atomic E-state index is 0.688. The molecule has 3 rings (SSSR count). The van der Waals surface area contributed by atoms with Gasteiger partial charge in [-0.2, -0.15) is 5.10 Å². The summed E-state index contributed by atoms with van der Waals surface area (Å²) in [6.45, 7) is 2.73. The zero-order valence-corrected chi connectivity index (χ0v) is 9.01. The second-order valence-electron chi connectivity index (χ2n) is 3.83. The first-order valence-electron chi connectivity index (χ1n) is 5.25. The van der Waals surface area contributed by atoms with Gasteiger partial charge in [0.25, 0.3) is 0 Å². The standard InChI is InChI=1S/C12H12N4/c1-9-6-7-13-16(9)8-12-14-10-4-2-3-5-11(10)15-12/h2-7H,8H2,1H3,(H,14,15). The zero-order valence-electron chi connectivity index (χ0n) is 9.01. The van der Waals surface area contributed by atoms with E-state index in [1.165, 1.54) is 0 Å². The lowest BCUT2D eigenvalue weighted by Crippen LogP contribution is -2.04. The van der Waals surface area contributed by atoms with Gasteiger partial charge in [0.1, 0.15) is 5.82 Å². The van der Waals surface area contributed by atoms with Crippen LogP contribution in [0.25, 0.3) is 11.0 Å². The van der Waals surface area contributed by atoms with Crippen LogP contribution in [-0.2, 0) is 6.54 Å². The molecule has 0 amide bonds. The van der Waals surface area contributed by atoms with Gasteiger partial charge in [0.2, 0.25) is 0 Å². The van der Waals surface area contributed by atoms with Gasteiger partial charge in [0.15, 0.2) is 0 Å². The Hall–Kier alpha value is -2.10. The molecule has 0 atom stereocenters. The summed E-state index contributed by atoms with van der Waals surface area (Å²) in [5.41, 5.74) is 3.21. The molecule has 1 N–H and O–H groups in total. The van der Waals surface area contributed by atoms with E-state index in [0.29, 0.717) is 6.54 Å². The summed E-state index contributed by atoms with van der Waals surface area (Å²) < 4.78 is 1.93. The number of nitrogens with zero attached hydrogens (tertiary/aromatic N) is 3. The molecule has 0 radical (unpaired) electrons. The summed E-state index contributed by atoms with van der Waals surface area (Å²) in [5.74, 6) is 0.938. The molecule has 0 aliphatic carbocycles. The van der Waals surface area contributed by atoms with Gasteiger partial charge in [-0.1, -0.05) is 12.1 Å². The number of aryl methyl sites for hydroxylation is 1. The van der Waals surface area contributed by atoms with Gasteiger partial charge in [-0.3, -0.25) is 4.68 Å². The molecule has 0 aliphatic rings. The van der Waals surface area contributed by atoms with E-state index < -0.39 is 0 Å². The van der Waals surface area contributed by atoms with Gasteiger partial charge in [-0.25, -0.2) is 4.98 Å². The third kappa shape index (κ3) is 1.48. The number of aromatic nitrogens is 4. The number of aromatic amines is 1. The SMILES string of the molecule is Cc1ccnn1Cc1nc2ccccc2[nH]1. The molecule has 4 nitrogen and oxygen atoms in total. The molecule has 0 unspecified atom stereocenters. The minimum atomic E-state index is 0.688. The maximum Gasteiger partial charge on any atom is 0.129 e. The second kappa shape index (κ2) is 3.48. The fraction of sp³-hybridized carbons (Fsp3) is 0.167. The van der Waals surface area contributed by atoms with E-state index in [9.17, 15) is 0 Å².